The van der Waals surface area contributed by atoms with Crippen LogP contribution in [0, 0.1) is 5.41 Å². The highest BCUT2D eigenvalue weighted by Gasteiger charge is 2.22. The van der Waals surface area contributed by atoms with Crippen LogP contribution >= 0.6 is 0 Å². The van der Waals surface area contributed by atoms with Crippen molar-refractivity contribution in [3.63, 3.8) is 0 Å². The highest BCUT2D eigenvalue weighted by Crippen LogP contribution is 2.28. The lowest BCUT2D eigenvalue weighted by Gasteiger charge is -2.23. The molecule has 0 saturated heterocycles. The van der Waals surface area contributed by atoms with Crippen molar-refractivity contribution in [2.75, 3.05) is 13.2 Å². The lowest BCUT2D eigenvalue weighted by Crippen LogP contribution is -2.19. The highest BCUT2D eigenvalue weighted by atomic mass is 16.5. The van der Waals surface area contributed by atoms with Crippen LogP contribution in [0.3, 0.4) is 0 Å². The van der Waals surface area contributed by atoms with Gasteiger partial charge in [0.25, 0.3) is 0 Å². The number of esters is 1. The second-order valence-electron chi connectivity index (χ2n) is 6.14. The maximum atomic E-state index is 11.6. The smallest absolute Gasteiger partial charge is 0.306 e. The van der Waals surface area contributed by atoms with E-state index in [-0.39, 0.29) is 11.4 Å². The van der Waals surface area contributed by atoms with E-state index in [4.69, 9.17) is 9.47 Å². The summed E-state index contributed by atoms with van der Waals surface area (Å²) in [4.78, 5) is 11.6. The number of benzene rings is 1. The maximum Gasteiger partial charge on any atom is 0.306 e. The van der Waals surface area contributed by atoms with Gasteiger partial charge < -0.3 is 9.47 Å². The second-order valence-corrected chi connectivity index (χ2v) is 6.14. The van der Waals surface area contributed by atoms with Crippen molar-refractivity contribution in [3.05, 3.63) is 29.8 Å². The molecule has 1 aromatic rings. The summed E-state index contributed by atoms with van der Waals surface area (Å²) in [5.41, 5.74) is 1.24. The topological polar surface area (TPSA) is 35.5 Å². The Morgan fingerprint density at radius 1 is 1.14 bits per heavy atom. The minimum Gasteiger partial charge on any atom is -0.494 e. The van der Waals surface area contributed by atoms with Gasteiger partial charge in [-0.2, -0.15) is 0 Å². The number of carbonyl (C=O) groups is 1. The van der Waals surface area contributed by atoms with Crippen LogP contribution in [0.1, 0.15) is 52.5 Å². The van der Waals surface area contributed by atoms with E-state index in [2.05, 4.69) is 32.9 Å². The average molecular weight is 292 g/mol. The molecule has 3 heteroatoms. The molecule has 0 unspecified atom stereocenters. The average Bonchev–Trinajstić information content (AvgIpc) is 2.44. The largest absolute Gasteiger partial charge is 0.494 e. The first-order chi connectivity index (χ1) is 9.96. The number of hydrogen-bond donors (Lipinski definition) is 0. The normalized spacial score (nSPS) is 11.2. The fourth-order valence-corrected chi connectivity index (χ4v) is 2.15. The minimum absolute atomic E-state index is 0.0381. The molecular weight excluding hydrogens is 264 g/mol. The standard InChI is InChI=1S/C18H28O3/c1-5-13-21-16-9-7-15(8-10-16)11-12-18(3,4)14-17(19)20-6-2/h7-10H,5-6,11-14H2,1-4H3. The fraction of sp³-hybridized carbons (Fsp3) is 0.611. The zero-order valence-corrected chi connectivity index (χ0v) is 13.8. The van der Waals surface area contributed by atoms with Gasteiger partial charge in [-0.05, 0) is 49.3 Å². The molecule has 3 nitrogen and oxygen atoms in total. The van der Waals surface area contributed by atoms with E-state index in [9.17, 15) is 4.79 Å². The van der Waals surface area contributed by atoms with E-state index in [0.29, 0.717) is 13.0 Å². The van der Waals surface area contributed by atoms with Crippen LogP contribution in [0.2, 0.25) is 0 Å². The third kappa shape index (κ3) is 7.16. The molecule has 0 heterocycles. The van der Waals surface area contributed by atoms with Crippen LogP contribution in [0.5, 0.6) is 5.75 Å². The van der Waals surface area contributed by atoms with Gasteiger partial charge in [-0.25, -0.2) is 0 Å². The summed E-state index contributed by atoms with van der Waals surface area (Å²) in [6, 6.07) is 8.24. The Kier molecular flexibility index (Phi) is 7.27. The molecule has 0 aliphatic rings. The minimum atomic E-state index is -0.106. The van der Waals surface area contributed by atoms with Crippen molar-refractivity contribution >= 4 is 5.97 Å². The van der Waals surface area contributed by atoms with E-state index < -0.39 is 0 Å². The summed E-state index contributed by atoms with van der Waals surface area (Å²) in [5, 5.41) is 0. The highest BCUT2D eigenvalue weighted by molar-refractivity contribution is 5.70. The number of hydrogen-bond acceptors (Lipinski definition) is 3. The Bertz CT molecular complexity index is 421. The monoisotopic (exact) mass is 292 g/mol. The molecule has 0 bridgehead atoms. The Hall–Kier alpha value is -1.51. The third-order valence-corrected chi connectivity index (χ3v) is 3.41. The van der Waals surface area contributed by atoms with E-state index in [1.165, 1.54) is 5.56 Å². The molecule has 1 rings (SSSR count). The van der Waals surface area contributed by atoms with Gasteiger partial charge in [0.15, 0.2) is 0 Å². The molecule has 1 aromatic carbocycles. The zero-order chi connectivity index (χ0) is 15.7. The molecule has 0 aliphatic carbocycles. The summed E-state index contributed by atoms with van der Waals surface area (Å²) in [6.45, 7) is 9.37. The molecule has 0 radical (unpaired) electrons. The Labute approximate surface area is 128 Å². The lowest BCUT2D eigenvalue weighted by atomic mass is 9.83. The van der Waals surface area contributed by atoms with Gasteiger partial charge >= 0.3 is 5.97 Å². The summed E-state index contributed by atoms with van der Waals surface area (Å²) in [7, 11) is 0. The van der Waals surface area contributed by atoms with Crippen LogP contribution in [0.15, 0.2) is 24.3 Å². The van der Waals surface area contributed by atoms with Gasteiger partial charge in [0.2, 0.25) is 0 Å². The Morgan fingerprint density at radius 2 is 1.81 bits per heavy atom. The predicted octanol–water partition coefficient (Wildman–Crippen LogP) is 4.39. The van der Waals surface area contributed by atoms with Crippen molar-refractivity contribution < 1.29 is 14.3 Å². The van der Waals surface area contributed by atoms with Crippen molar-refractivity contribution in [1.82, 2.24) is 0 Å². The third-order valence-electron chi connectivity index (χ3n) is 3.41. The van der Waals surface area contributed by atoms with Crippen LogP contribution in [0.25, 0.3) is 0 Å². The molecule has 0 aromatic heterocycles. The molecular formula is C18H28O3. The first kappa shape index (κ1) is 17.5. The molecule has 0 fully saturated rings. The van der Waals surface area contributed by atoms with Crippen molar-refractivity contribution in [2.24, 2.45) is 5.41 Å². The van der Waals surface area contributed by atoms with Crippen LogP contribution in [-0.4, -0.2) is 19.2 Å². The molecule has 118 valence electrons. The van der Waals surface area contributed by atoms with Gasteiger partial charge in [0, 0.05) is 0 Å². The molecule has 0 aliphatic heterocycles. The Balaban J connectivity index is 2.44. The van der Waals surface area contributed by atoms with Crippen LogP contribution < -0.4 is 4.74 Å². The summed E-state index contributed by atoms with van der Waals surface area (Å²) >= 11 is 0. The van der Waals surface area contributed by atoms with E-state index in [1.54, 1.807) is 0 Å². The molecule has 0 N–H and O–H groups in total. The van der Waals surface area contributed by atoms with Gasteiger partial charge in [-0.15, -0.1) is 0 Å². The molecule has 0 amide bonds. The summed E-state index contributed by atoms with van der Waals surface area (Å²) in [5.74, 6) is 0.817. The molecule has 0 atom stereocenters. The van der Waals surface area contributed by atoms with E-state index >= 15 is 0 Å². The van der Waals surface area contributed by atoms with Gasteiger partial charge in [0.1, 0.15) is 5.75 Å². The SMILES string of the molecule is CCCOc1ccc(CCC(C)(C)CC(=O)OCC)cc1. The Morgan fingerprint density at radius 3 is 2.38 bits per heavy atom. The van der Waals surface area contributed by atoms with Crippen molar-refractivity contribution in [2.45, 2.75) is 53.4 Å². The number of ether oxygens (including phenoxy) is 2. The van der Waals surface area contributed by atoms with Crippen LogP contribution in [0.4, 0.5) is 0 Å². The van der Waals surface area contributed by atoms with Gasteiger partial charge in [-0.1, -0.05) is 32.9 Å². The number of carbonyl (C=O) groups excluding carboxylic acids is 1. The molecule has 21 heavy (non-hydrogen) atoms. The van der Waals surface area contributed by atoms with Crippen molar-refractivity contribution in [1.29, 1.82) is 0 Å². The second kappa shape index (κ2) is 8.71. The van der Waals surface area contributed by atoms with E-state index in [0.717, 1.165) is 31.6 Å². The fourth-order valence-electron chi connectivity index (χ4n) is 2.15. The zero-order valence-electron chi connectivity index (χ0n) is 13.8. The van der Waals surface area contributed by atoms with Gasteiger partial charge in [-0.3, -0.25) is 4.79 Å². The first-order valence-corrected chi connectivity index (χ1v) is 7.84. The quantitative estimate of drug-likeness (QED) is 0.633. The lowest BCUT2D eigenvalue weighted by molar-refractivity contribution is -0.145. The van der Waals surface area contributed by atoms with Gasteiger partial charge in [0.05, 0.1) is 19.6 Å². The molecule has 0 spiro atoms. The summed E-state index contributed by atoms with van der Waals surface area (Å²) in [6.07, 6.45) is 3.41. The first-order valence-electron chi connectivity index (χ1n) is 7.84. The number of aryl methyl sites for hydroxylation is 1. The van der Waals surface area contributed by atoms with E-state index in [1.807, 2.05) is 19.1 Å². The maximum absolute atomic E-state index is 11.6. The molecule has 0 saturated carbocycles. The number of rotatable bonds is 9. The summed E-state index contributed by atoms with van der Waals surface area (Å²) < 4.78 is 10.6. The van der Waals surface area contributed by atoms with Crippen molar-refractivity contribution in [3.8, 4) is 5.75 Å². The van der Waals surface area contributed by atoms with Crippen LogP contribution in [-0.2, 0) is 16.0 Å². The predicted molar refractivity (Wildman–Crippen MR) is 85.6 cm³/mol.